The molecule has 0 aromatic heterocycles. The molecule has 3 rings (SSSR count). The van der Waals surface area contributed by atoms with E-state index in [9.17, 15) is 4.79 Å². The minimum atomic E-state index is -2.96. The lowest BCUT2D eigenvalue weighted by atomic mass is 9.63. The highest BCUT2D eigenvalue weighted by atomic mass is 19.1. The van der Waals surface area contributed by atoms with Crippen molar-refractivity contribution >= 4 is 18.2 Å². The molecular formula is C16H17BFNO2. The van der Waals surface area contributed by atoms with Gasteiger partial charge in [0, 0.05) is 19.7 Å². The smallest absolute Gasteiger partial charge is 0.592 e. The first-order valence-electron chi connectivity index (χ1n) is 6.96. The fraction of sp³-hybridized carbons (Fsp3) is 0.188. The molecule has 0 radical (unpaired) electrons. The third-order valence-electron chi connectivity index (χ3n) is 4.34. The molecule has 0 bridgehead atoms. The van der Waals surface area contributed by atoms with Gasteiger partial charge in [-0.25, -0.2) is 4.79 Å². The molecule has 21 heavy (non-hydrogen) atoms. The van der Waals surface area contributed by atoms with E-state index < -0.39 is 18.8 Å². The van der Waals surface area contributed by atoms with Gasteiger partial charge in [-0.2, -0.15) is 0 Å². The number of hydrogen-bond donors (Lipinski definition) is 0. The molecule has 0 saturated carbocycles. The average molecular weight is 285 g/mol. The number of rotatable bonds is 2. The Morgan fingerprint density at radius 3 is 2.10 bits per heavy atom. The van der Waals surface area contributed by atoms with Crippen LogP contribution in [0.25, 0.3) is 0 Å². The van der Waals surface area contributed by atoms with E-state index in [2.05, 4.69) is 0 Å². The van der Waals surface area contributed by atoms with Crippen LogP contribution in [0, 0.1) is 0 Å². The van der Waals surface area contributed by atoms with Crippen LogP contribution in [-0.4, -0.2) is 31.2 Å². The number of quaternary nitrogens is 1. The summed E-state index contributed by atoms with van der Waals surface area (Å²) in [5, 5.41) is 0. The highest BCUT2D eigenvalue weighted by Gasteiger charge is 2.62. The van der Waals surface area contributed by atoms with Gasteiger partial charge in [0.25, 0.3) is 0 Å². The van der Waals surface area contributed by atoms with Gasteiger partial charge in [0.05, 0.1) is 0 Å². The molecule has 1 aliphatic rings. The van der Waals surface area contributed by atoms with E-state index in [1.807, 2.05) is 36.4 Å². The normalized spacial score (nSPS) is 27.4. The molecule has 2 aromatic carbocycles. The summed E-state index contributed by atoms with van der Waals surface area (Å²) in [4.78, 5) is 12.3. The van der Waals surface area contributed by atoms with Crippen molar-refractivity contribution in [2.45, 2.75) is 6.04 Å². The number of benzene rings is 2. The molecule has 5 heteroatoms. The molecule has 1 fully saturated rings. The van der Waals surface area contributed by atoms with Crippen LogP contribution < -0.4 is 5.46 Å². The summed E-state index contributed by atoms with van der Waals surface area (Å²) in [5.41, 5.74) is 1.18. The van der Waals surface area contributed by atoms with Gasteiger partial charge in [-0.3, -0.25) is 0 Å². The number of carbonyl (C=O) groups is 1. The summed E-state index contributed by atoms with van der Waals surface area (Å²) in [7, 11) is 3.41. The highest BCUT2D eigenvalue weighted by molar-refractivity contribution is 6.76. The highest BCUT2D eigenvalue weighted by Crippen LogP contribution is 2.40. The Morgan fingerprint density at radius 2 is 1.52 bits per heavy atom. The topological polar surface area (TPSA) is 26.3 Å². The van der Waals surface area contributed by atoms with Crippen molar-refractivity contribution in [3.63, 3.8) is 0 Å². The largest absolute Gasteiger partial charge is 0.603 e. The zero-order chi connectivity index (χ0) is 15.1. The lowest BCUT2D eigenvalue weighted by Gasteiger charge is -2.44. The van der Waals surface area contributed by atoms with Crippen LogP contribution >= 0.6 is 0 Å². The molecule has 108 valence electrons. The van der Waals surface area contributed by atoms with Crippen molar-refractivity contribution in [3.05, 3.63) is 66.2 Å². The Hall–Kier alpha value is -2.14. The summed E-state index contributed by atoms with van der Waals surface area (Å²) in [6, 6.07) is 17.2. The van der Waals surface area contributed by atoms with E-state index in [-0.39, 0.29) is 4.39 Å². The molecule has 0 amide bonds. The first-order chi connectivity index (χ1) is 9.97. The van der Waals surface area contributed by atoms with E-state index in [4.69, 9.17) is 4.65 Å². The van der Waals surface area contributed by atoms with Gasteiger partial charge in [0.15, 0.2) is 6.04 Å². The van der Waals surface area contributed by atoms with Gasteiger partial charge in [-0.15, -0.1) is 0 Å². The van der Waals surface area contributed by atoms with E-state index in [1.54, 1.807) is 38.4 Å². The monoisotopic (exact) mass is 285 g/mol. The van der Waals surface area contributed by atoms with Crippen molar-refractivity contribution in [1.82, 2.24) is 0 Å². The SMILES string of the molecule is C[N+]1(C)C(c2ccccc2)C(=O)O[B@-]1(F)c1ccccc1. The predicted molar refractivity (Wildman–Crippen MR) is 80.3 cm³/mol. The fourth-order valence-electron chi connectivity index (χ4n) is 3.12. The predicted octanol–water partition coefficient (Wildman–Crippen LogP) is 2.18. The molecule has 2 aromatic rings. The molecule has 2 atom stereocenters. The van der Waals surface area contributed by atoms with Gasteiger partial charge >= 0.3 is 12.7 Å². The van der Waals surface area contributed by atoms with Crippen LogP contribution in [-0.2, 0) is 9.45 Å². The Labute approximate surface area is 123 Å². The Bertz CT molecular complexity index is 662. The quantitative estimate of drug-likeness (QED) is 0.791. The number of halogens is 1. The van der Waals surface area contributed by atoms with Crippen molar-refractivity contribution in [1.29, 1.82) is 0 Å². The molecule has 0 spiro atoms. The number of carbonyl (C=O) groups excluding carboxylic acids is 1. The van der Waals surface area contributed by atoms with Gasteiger partial charge in [0.1, 0.15) is 0 Å². The lowest BCUT2D eigenvalue weighted by Crippen LogP contribution is -2.65. The number of likely N-dealkylation sites (N-methyl/N-ethyl adjacent to an activating group) is 1. The maximum absolute atomic E-state index is 15.6. The first-order valence-corrected chi connectivity index (χ1v) is 6.96. The second kappa shape index (κ2) is 4.70. The molecule has 1 aliphatic heterocycles. The summed E-state index contributed by atoms with van der Waals surface area (Å²) >= 11 is 0. The van der Waals surface area contributed by atoms with E-state index in [1.165, 1.54) is 0 Å². The van der Waals surface area contributed by atoms with Crippen molar-refractivity contribution in [2.75, 3.05) is 14.1 Å². The number of nitrogens with zero attached hydrogens (tertiary/aromatic N) is 1. The second-order valence-corrected chi connectivity index (χ2v) is 5.94. The van der Waals surface area contributed by atoms with Gasteiger partial charge in [-0.1, -0.05) is 66.1 Å². The minimum Gasteiger partial charge on any atom is -0.603 e. The maximum atomic E-state index is 15.6. The second-order valence-electron chi connectivity index (χ2n) is 5.94. The zero-order valence-electron chi connectivity index (χ0n) is 12.1. The molecule has 0 aliphatic carbocycles. The van der Waals surface area contributed by atoms with E-state index in [0.717, 1.165) is 5.56 Å². The van der Waals surface area contributed by atoms with Crippen molar-refractivity contribution in [3.8, 4) is 0 Å². The van der Waals surface area contributed by atoms with Crippen LogP contribution in [0.3, 0.4) is 0 Å². The third-order valence-corrected chi connectivity index (χ3v) is 4.34. The standard InChI is InChI=1S/C16H17BFNO2/c1-19(2)15(13-9-5-3-6-10-13)16(20)21-17(19,18)14-11-7-4-8-12-14/h3-12,15H,1-2H3/t15?,17-/m0/s1. The van der Waals surface area contributed by atoms with Gasteiger partial charge in [-0.05, 0) is 0 Å². The molecule has 0 N–H and O–H groups in total. The molecule has 1 unspecified atom stereocenters. The molecule has 3 nitrogen and oxygen atoms in total. The van der Waals surface area contributed by atoms with Crippen LogP contribution in [0.15, 0.2) is 60.7 Å². The van der Waals surface area contributed by atoms with Gasteiger partial charge < -0.3 is 13.4 Å². The Balaban J connectivity index is 2.10. The first kappa shape index (κ1) is 13.8. The number of hydrogen-bond acceptors (Lipinski definition) is 2. The molecule has 1 saturated heterocycles. The fourth-order valence-corrected chi connectivity index (χ4v) is 3.12. The minimum absolute atomic E-state index is 0.160. The van der Waals surface area contributed by atoms with Crippen LogP contribution in [0.5, 0.6) is 0 Å². The van der Waals surface area contributed by atoms with Crippen molar-refractivity contribution < 1.29 is 18.2 Å². The zero-order valence-corrected chi connectivity index (χ0v) is 12.1. The summed E-state index contributed by atoms with van der Waals surface area (Å²) in [6.07, 6.45) is 0. The maximum Gasteiger partial charge on any atom is 0.592 e. The third kappa shape index (κ3) is 1.96. The van der Waals surface area contributed by atoms with E-state index >= 15 is 4.32 Å². The van der Waals surface area contributed by atoms with Crippen LogP contribution in [0.4, 0.5) is 4.32 Å². The Morgan fingerprint density at radius 1 is 1.00 bits per heavy atom. The molecular weight excluding hydrogens is 268 g/mol. The van der Waals surface area contributed by atoms with E-state index in [0.29, 0.717) is 5.46 Å². The summed E-state index contributed by atoms with van der Waals surface area (Å²) in [6.45, 7) is -2.96. The average Bonchev–Trinajstić information content (AvgIpc) is 2.67. The Kier molecular flexibility index (Phi) is 3.10. The summed E-state index contributed by atoms with van der Waals surface area (Å²) in [5.74, 6) is -0.516. The van der Waals surface area contributed by atoms with Crippen molar-refractivity contribution in [2.24, 2.45) is 0 Å². The van der Waals surface area contributed by atoms with Gasteiger partial charge in [0.2, 0.25) is 0 Å². The van der Waals surface area contributed by atoms with Crippen LogP contribution in [0.2, 0.25) is 0 Å². The van der Waals surface area contributed by atoms with Crippen LogP contribution in [0.1, 0.15) is 11.6 Å². The summed E-state index contributed by atoms with van der Waals surface area (Å²) < 4.78 is 20.7. The molecule has 1 heterocycles. The lowest BCUT2D eigenvalue weighted by molar-refractivity contribution is -0.816.